The van der Waals surface area contributed by atoms with Crippen LogP contribution in [0.15, 0.2) is 28.7 Å². The minimum atomic E-state index is -3.28. The summed E-state index contributed by atoms with van der Waals surface area (Å²) in [5.74, 6) is 1.03. The molecule has 2 aromatic rings. The Morgan fingerprint density at radius 1 is 1.30 bits per heavy atom. The van der Waals surface area contributed by atoms with Crippen LogP contribution in [0.4, 0.5) is 4.79 Å². The van der Waals surface area contributed by atoms with E-state index in [0.29, 0.717) is 13.1 Å². The molecule has 2 N–H and O–H groups in total. The fourth-order valence-corrected chi connectivity index (χ4v) is 5.72. The van der Waals surface area contributed by atoms with Crippen molar-refractivity contribution in [1.82, 2.24) is 19.8 Å². The lowest BCUT2D eigenvalue weighted by Crippen LogP contribution is -2.57. The van der Waals surface area contributed by atoms with Gasteiger partial charge in [0.05, 0.1) is 17.8 Å². The molecule has 2 fully saturated rings. The molecule has 3 aliphatic heterocycles. The van der Waals surface area contributed by atoms with Crippen LogP contribution in [0.5, 0.6) is 0 Å². The first-order valence-electron chi connectivity index (χ1n) is 10.1. The number of amides is 2. The number of sulfonamides is 1. The smallest absolute Gasteiger partial charge is 0.318 e. The molecule has 10 heteroatoms. The number of halogens is 1. The van der Waals surface area contributed by atoms with E-state index in [0.717, 1.165) is 50.0 Å². The van der Waals surface area contributed by atoms with E-state index >= 15 is 0 Å². The van der Waals surface area contributed by atoms with Gasteiger partial charge in [0.25, 0.3) is 0 Å². The van der Waals surface area contributed by atoms with E-state index in [-0.39, 0.29) is 36.6 Å². The summed E-state index contributed by atoms with van der Waals surface area (Å²) in [6, 6.07) is 8.19. The monoisotopic (exact) mass is 454 g/mol. The largest absolute Gasteiger partial charge is 0.459 e. The minimum absolute atomic E-state index is 0. The molecular weight excluding hydrogens is 428 g/mol. The summed E-state index contributed by atoms with van der Waals surface area (Å²) in [7, 11) is -3.28. The average molecular weight is 455 g/mol. The molecule has 0 saturated carbocycles. The summed E-state index contributed by atoms with van der Waals surface area (Å²) >= 11 is 0. The Morgan fingerprint density at radius 2 is 2.10 bits per heavy atom. The fraction of sp³-hybridized carbons (Fsp3) is 0.550. The molecule has 164 valence electrons. The molecule has 1 spiro atoms. The molecule has 2 atom stereocenters. The normalized spacial score (nSPS) is 26.4. The molecule has 8 nitrogen and oxygen atoms in total. The highest BCUT2D eigenvalue weighted by Crippen LogP contribution is 2.46. The zero-order valence-electron chi connectivity index (χ0n) is 16.9. The van der Waals surface area contributed by atoms with Crippen LogP contribution in [0.25, 0.3) is 11.0 Å². The van der Waals surface area contributed by atoms with E-state index in [4.69, 9.17) is 4.42 Å². The average Bonchev–Trinajstić information content (AvgIpc) is 3.21. The molecule has 4 heterocycles. The highest BCUT2D eigenvalue weighted by Gasteiger charge is 2.51. The van der Waals surface area contributed by atoms with Crippen LogP contribution < -0.4 is 10.0 Å². The van der Waals surface area contributed by atoms with Gasteiger partial charge in [0.1, 0.15) is 11.3 Å². The van der Waals surface area contributed by atoms with Gasteiger partial charge in [-0.05, 0) is 25.3 Å². The fourth-order valence-electron chi connectivity index (χ4n) is 5.26. The SMILES string of the molecule is CS(=O)(=O)NCCN1C(=O)NC[C@@]12CCN1CCc3c(oc4ccccc34)[C@H]1C2.Cl. The van der Waals surface area contributed by atoms with Crippen molar-refractivity contribution in [3.05, 3.63) is 35.6 Å². The Balaban J connectivity index is 0.00000218. The number of rotatable bonds is 4. The summed E-state index contributed by atoms with van der Waals surface area (Å²) in [6.45, 7) is 3.06. The number of nitrogens with one attached hydrogen (secondary N) is 2. The highest BCUT2D eigenvalue weighted by molar-refractivity contribution is 7.88. The molecule has 5 rings (SSSR count). The van der Waals surface area contributed by atoms with Crippen molar-refractivity contribution < 1.29 is 17.6 Å². The van der Waals surface area contributed by atoms with Crippen molar-refractivity contribution in [3.63, 3.8) is 0 Å². The van der Waals surface area contributed by atoms with E-state index in [9.17, 15) is 13.2 Å². The zero-order valence-corrected chi connectivity index (χ0v) is 18.5. The lowest BCUT2D eigenvalue weighted by atomic mass is 9.79. The third-order valence-electron chi connectivity index (χ3n) is 6.65. The Kier molecular flexibility index (Phi) is 5.50. The molecule has 2 saturated heterocycles. The molecule has 2 amide bonds. The van der Waals surface area contributed by atoms with Gasteiger partial charge in [0.2, 0.25) is 10.0 Å². The Labute approximate surface area is 182 Å². The minimum Gasteiger partial charge on any atom is -0.459 e. The Bertz CT molecular complexity index is 1070. The van der Waals surface area contributed by atoms with E-state index in [1.165, 1.54) is 10.9 Å². The standard InChI is InChI=1S/C20H26N4O4S.ClH/c1-29(26,27)22-8-11-24-19(25)21-13-20(24)7-10-23-9-6-15-14-4-2-3-5-17(14)28-18(15)16(23)12-20;/h2-5,16,22H,6-13H2,1H3,(H,21,25);1H/t16-,20+;/m1./s1. The maximum Gasteiger partial charge on any atom is 0.318 e. The number of hydrogen-bond donors (Lipinski definition) is 2. The third kappa shape index (κ3) is 3.57. The maximum absolute atomic E-state index is 12.6. The lowest BCUT2D eigenvalue weighted by Gasteiger charge is -2.49. The van der Waals surface area contributed by atoms with Crippen molar-refractivity contribution in [2.75, 3.05) is 39.0 Å². The van der Waals surface area contributed by atoms with Gasteiger partial charge >= 0.3 is 6.03 Å². The van der Waals surface area contributed by atoms with Crippen LogP contribution >= 0.6 is 12.4 Å². The van der Waals surface area contributed by atoms with E-state index in [1.54, 1.807) is 0 Å². The van der Waals surface area contributed by atoms with E-state index in [2.05, 4.69) is 21.0 Å². The van der Waals surface area contributed by atoms with Gasteiger partial charge < -0.3 is 14.6 Å². The molecular formula is C20H27ClN4O4S. The second-order valence-electron chi connectivity index (χ2n) is 8.40. The molecule has 30 heavy (non-hydrogen) atoms. The predicted molar refractivity (Wildman–Crippen MR) is 116 cm³/mol. The first kappa shape index (κ1) is 21.4. The number of para-hydroxylation sites is 1. The van der Waals surface area contributed by atoms with Crippen LogP contribution in [-0.2, 0) is 16.4 Å². The molecule has 3 aliphatic rings. The highest BCUT2D eigenvalue weighted by atomic mass is 35.5. The van der Waals surface area contributed by atoms with Gasteiger partial charge in [-0.15, -0.1) is 12.4 Å². The molecule has 0 aliphatic carbocycles. The second-order valence-corrected chi connectivity index (χ2v) is 10.2. The molecule has 0 radical (unpaired) electrons. The third-order valence-corrected chi connectivity index (χ3v) is 7.37. The van der Waals surface area contributed by atoms with E-state index < -0.39 is 10.0 Å². The summed E-state index contributed by atoms with van der Waals surface area (Å²) < 4.78 is 31.6. The van der Waals surface area contributed by atoms with Gasteiger partial charge in [-0.1, -0.05) is 18.2 Å². The van der Waals surface area contributed by atoms with Gasteiger partial charge in [-0.2, -0.15) is 0 Å². The van der Waals surface area contributed by atoms with Crippen LogP contribution in [0.1, 0.15) is 30.2 Å². The van der Waals surface area contributed by atoms with Gasteiger partial charge in [0.15, 0.2) is 0 Å². The van der Waals surface area contributed by atoms with Gasteiger partial charge in [0, 0.05) is 43.7 Å². The van der Waals surface area contributed by atoms with Gasteiger partial charge in [-0.3, -0.25) is 4.90 Å². The first-order chi connectivity index (χ1) is 13.9. The molecule has 1 aromatic carbocycles. The molecule has 0 unspecified atom stereocenters. The molecule has 1 aromatic heterocycles. The van der Waals surface area contributed by atoms with Crippen molar-refractivity contribution in [1.29, 1.82) is 0 Å². The number of carbonyl (C=O) groups excluding carboxylic acids is 1. The number of piperidine rings is 1. The quantitative estimate of drug-likeness (QED) is 0.735. The number of carbonyl (C=O) groups is 1. The molecule has 0 bridgehead atoms. The summed E-state index contributed by atoms with van der Waals surface area (Å²) in [5, 5.41) is 4.18. The van der Waals surface area contributed by atoms with E-state index in [1.807, 2.05) is 23.1 Å². The van der Waals surface area contributed by atoms with Crippen molar-refractivity contribution >= 4 is 39.4 Å². The summed E-state index contributed by atoms with van der Waals surface area (Å²) in [6.07, 6.45) is 3.78. The summed E-state index contributed by atoms with van der Waals surface area (Å²) in [4.78, 5) is 16.8. The van der Waals surface area contributed by atoms with Crippen LogP contribution in [0.3, 0.4) is 0 Å². The van der Waals surface area contributed by atoms with Crippen LogP contribution in [0, 0.1) is 0 Å². The van der Waals surface area contributed by atoms with Crippen molar-refractivity contribution in [2.45, 2.75) is 30.8 Å². The number of benzene rings is 1. The Hall–Kier alpha value is -1.81. The lowest BCUT2D eigenvalue weighted by molar-refractivity contribution is 0.0225. The maximum atomic E-state index is 12.6. The second kappa shape index (κ2) is 7.71. The number of nitrogens with zero attached hydrogens (tertiary/aromatic N) is 2. The van der Waals surface area contributed by atoms with Gasteiger partial charge in [-0.25, -0.2) is 17.9 Å². The Morgan fingerprint density at radius 3 is 2.90 bits per heavy atom. The number of urea groups is 1. The number of hydrogen-bond acceptors (Lipinski definition) is 5. The number of fused-ring (bicyclic) bond motifs is 5. The van der Waals surface area contributed by atoms with Crippen molar-refractivity contribution in [2.24, 2.45) is 0 Å². The topological polar surface area (TPSA) is 94.9 Å². The zero-order chi connectivity index (χ0) is 20.2. The first-order valence-corrected chi connectivity index (χ1v) is 12.0. The summed E-state index contributed by atoms with van der Waals surface area (Å²) in [5.41, 5.74) is 1.90. The van der Waals surface area contributed by atoms with Crippen LogP contribution in [0.2, 0.25) is 0 Å². The van der Waals surface area contributed by atoms with Crippen LogP contribution in [-0.4, -0.2) is 68.8 Å². The number of furan rings is 1. The van der Waals surface area contributed by atoms with Crippen molar-refractivity contribution in [3.8, 4) is 0 Å². The predicted octanol–water partition coefficient (Wildman–Crippen LogP) is 1.86.